The third-order valence-electron chi connectivity index (χ3n) is 2.41. The Labute approximate surface area is 120 Å². The van der Waals surface area contributed by atoms with Gasteiger partial charge in [-0.3, -0.25) is 14.5 Å². The lowest BCUT2D eigenvalue weighted by Gasteiger charge is -2.27. The van der Waals surface area contributed by atoms with Crippen LogP contribution >= 0.6 is 11.6 Å². The minimum atomic E-state index is -5.40. The molecule has 1 aromatic rings. The first kappa shape index (κ1) is 17.0. The molecule has 0 bridgehead atoms. The molecule has 7 nitrogen and oxygen atoms in total. The summed E-state index contributed by atoms with van der Waals surface area (Å²) < 4.78 is 37.5. The van der Waals surface area contributed by atoms with E-state index >= 15 is 0 Å². The Morgan fingerprint density at radius 2 is 2.05 bits per heavy atom. The van der Waals surface area contributed by atoms with Crippen LogP contribution in [0.1, 0.15) is 5.69 Å². The smallest absolute Gasteiger partial charge is 0.471 e. The molecule has 0 unspecified atom stereocenters. The van der Waals surface area contributed by atoms with Gasteiger partial charge in [-0.05, 0) is 0 Å². The Morgan fingerprint density at radius 3 is 2.43 bits per heavy atom. The van der Waals surface area contributed by atoms with E-state index < -0.39 is 47.2 Å². The number of aromatic nitrogens is 2. The molecule has 1 rings (SSSR count). The number of rotatable bonds is 5. The second-order valence-corrected chi connectivity index (χ2v) is 4.10. The summed E-state index contributed by atoms with van der Waals surface area (Å²) in [5.74, 6) is -6.78. The molecule has 2 amide bonds. The summed E-state index contributed by atoms with van der Waals surface area (Å²) in [6.45, 7) is 0. The highest BCUT2D eigenvalue weighted by molar-refractivity contribution is 6.28. The fraction of sp³-hybridized carbons (Fsp3) is 0.400. The number of nitrogens with one attached hydrogen (secondary N) is 1. The molecule has 11 heteroatoms. The van der Waals surface area contributed by atoms with Crippen molar-refractivity contribution in [1.29, 1.82) is 0 Å². The molecule has 0 radical (unpaired) electrons. The molecule has 2 N–H and O–H groups in total. The minimum absolute atomic E-state index is 0.143. The van der Waals surface area contributed by atoms with Crippen LogP contribution in [0.25, 0.3) is 0 Å². The summed E-state index contributed by atoms with van der Waals surface area (Å²) in [7, 11) is 0. The number of aromatic amines is 1. The van der Waals surface area contributed by atoms with E-state index in [1.807, 2.05) is 0 Å². The van der Waals surface area contributed by atoms with Crippen molar-refractivity contribution in [3.8, 4) is 0 Å². The number of imide groups is 1. The van der Waals surface area contributed by atoms with Gasteiger partial charge in [-0.2, -0.15) is 13.2 Å². The number of aliphatic carboxylic acids is 1. The van der Waals surface area contributed by atoms with Gasteiger partial charge in [0.15, 0.2) is 0 Å². The van der Waals surface area contributed by atoms with Crippen molar-refractivity contribution in [1.82, 2.24) is 14.9 Å². The van der Waals surface area contributed by atoms with Gasteiger partial charge in [0.2, 0.25) is 5.91 Å². The second kappa shape index (κ2) is 6.57. The molecule has 0 saturated heterocycles. The first-order chi connectivity index (χ1) is 9.68. The van der Waals surface area contributed by atoms with Crippen LogP contribution in [0.2, 0.25) is 0 Å². The number of carboxylic acid groups (broad SMARTS) is 1. The number of nitrogens with zero attached hydrogens (tertiary/aromatic N) is 2. The van der Waals surface area contributed by atoms with E-state index in [0.717, 1.165) is 6.20 Å². The van der Waals surface area contributed by atoms with E-state index in [9.17, 15) is 27.6 Å². The van der Waals surface area contributed by atoms with Crippen molar-refractivity contribution in [2.24, 2.45) is 0 Å². The fourth-order valence-corrected chi connectivity index (χ4v) is 1.65. The average molecular weight is 328 g/mol. The Kier molecular flexibility index (Phi) is 5.30. The highest BCUT2D eigenvalue weighted by Gasteiger charge is 2.48. The van der Waals surface area contributed by atoms with E-state index in [1.165, 1.54) is 6.33 Å². The highest BCUT2D eigenvalue weighted by Crippen LogP contribution is 2.22. The maximum Gasteiger partial charge on any atom is 0.471 e. The van der Waals surface area contributed by atoms with E-state index in [4.69, 9.17) is 16.7 Å². The molecule has 0 spiro atoms. The van der Waals surface area contributed by atoms with Gasteiger partial charge in [-0.15, -0.1) is 11.6 Å². The molecule has 0 aliphatic rings. The second-order valence-electron chi connectivity index (χ2n) is 3.84. The fourth-order valence-electron chi connectivity index (χ4n) is 1.52. The van der Waals surface area contributed by atoms with E-state index in [0.29, 0.717) is 0 Å². The summed E-state index contributed by atoms with van der Waals surface area (Å²) in [6, 6.07) is -2.05. The zero-order valence-corrected chi connectivity index (χ0v) is 11.0. The van der Waals surface area contributed by atoms with Crippen molar-refractivity contribution < 1.29 is 32.7 Å². The third kappa shape index (κ3) is 4.18. The van der Waals surface area contributed by atoms with E-state index in [1.54, 1.807) is 0 Å². The highest BCUT2D eigenvalue weighted by atomic mass is 35.5. The number of imidazole rings is 1. The van der Waals surface area contributed by atoms with Crippen molar-refractivity contribution in [2.45, 2.75) is 18.6 Å². The lowest BCUT2D eigenvalue weighted by atomic mass is 10.1. The number of carboxylic acids is 1. The van der Waals surface area contributed by atoms with Crippen LogP contribution in [0.15, 0.2) is 12.5 Å². The van der Waals surface area contributed by atoms with Crippen LogP contribution < -0.4 is 0 Å². The molecule has 0 saturated carbocycles. The zero-order valence-electron chi connectivity index (χ0n) is 10.2. The predicted octanol–water partition coefficient (Wildman–Crippen LogP) is 0.562. The van der Waals surface area contributed by atoms with E-state index in [-0.39, 0.29) is 5.69 Å². The summed E-state index contributed by atoms with van der Waals surface area (Å²) >= 11 is 5.15. The van der Waals surface area contributed by atoms with Gasteiger partial charge < -0.3 is 10.1 Å². The predicted molar refractivity (Wildman–Crippen MR) is 62.3 cm³/mol. The zero-order chi connectivity index (χ0) is 16.2. The van der Waals surface area contributed by atoms with Gasteiger partial charge in [0.05, 0.1) is 6.33 Å². The number of hydrogen-bond acceptors (Lipinski definition) is 4. The van der Waals surface area contributed by atoms with Crippen LogP contribution in [0.4, 0.5) is 13.2 Å². The quantitative estimate of drug-likeness (QED) is 0.769. The van der Waals surface area contributed by atoms with Gasteiger partial charge in [0.1, 0.15) is 11.9 Å². The Hall–Kier alpha value is -2.10. The van der Waals surface area contributed by atoms with Crippen LogP contribution in [0.5, 0.6) is 0 Å². The molecule has 0 aliphatic carbocycles. The van der Waals surface area contributed by atoms with Crippen molar-refractivity contribution in [3.05, 3.63) is 18.2 Å². The lowest BCUT2D eigenvalue weighted by molar-refractivity contribution is -0.191. The molecule has 0 aromatic carbocycles. The molecule has 1 atom stereocenters. The van der Waals surface area contributed by atoms with Gasteiger partial charge in [0.25, 0.3) is 0 Å². The number of alkyl halides is 4. The molecule has 0 aliphatic heterocycles. The first-order valence-corrected chi connectivity index (χ1v) is 5.91. The summed E-state index contributed by atoms with van der Waals surface area (Å²) in [5.41, 5.74) is 0.143. The number of carbonyl (C=O) groups excluding carboxylic acids is 2. The Balaban J connectivity index is 3.15. The molecule has 1 aromatic heterocycles. The van der Waals surface area contributed by atoms with Crippen LogP contribution in [-0.2, 0) is 20.8 Å². The van der Waals surface area contributed by atoms with E-state index in [2.05, 4.69) is 9.97 Å². The Bertz CT molecular complexity index is 532. The number of hydrogen-bond donors (Lipinski definition) is 2. The van der Waals surface area contributed by atoms with Crippen molar-refractivity contribution in [2.75, 3.05) is 5.88 Å². The average Bonchev–Trinajstić information content (AvgIpc) is 2.89. The van der Waals surface area contributed by atoms with Crippen molar-refractivity contribution in [3.63, 3.8) is 0 Å². The largest absolute Gasteiger partial charge is 0.480 e. The Morgan fingerprint density at radius 1 is 1.43 bits per heavy atom. The topological polar surface area (TPSA) is 103 Å². The molecule has 21 heavy (non-hydrogen) atoms. The molecule has 116 valence electrons. The summed E-state index contributed by atoms with van der Waals surface area (Å²) in [6.07, 6.45) is -3.62. The number of halogens is 4. The minimum Gasteiger partial charge on any atom is -0.480 e. The van der Waals surface area contributed by atoms with Gasteiger partial charge >= 0.3 is 18.1 Å². The maximum atomic E-state index is 12.5. The molecule has 0 fully saturated rings. The number of H-pyrrole nitrogens is 1. The summed E-state index contributed by atoms with van der Waals surface area (Å²) in [4.78, 5) is 39.5. The lowest BCUT2D eigenvalue weighted by Crippen LogP contribution is -2.54. The first-order valence-electron chi connectivity index (χ1n) is 5.37. The molecular weight excluding hydrogens is 319 g/mol. The van der Waals surface area contributed by atoms with Gasteiger partial charge in [-0.1, -0.05) is 0 Å². The van der Waals surface area contributed by atoms with Crippen LogP contribution in [-0.4, -0.2) is 55.9 Å². The number of carbonyl (C=O) groups is 3. The SMILES string of the molecule is O=C(O)[C@H](Cc1cnc[nH]1)N(C(=O)CCl)C(=O)C(F)(F)F. The van der Waals surface area contributed by atoms with Gasteiger partial charge in [-0.25, -0.2) is 9.78 Å². The maximum absolute atomic E-state index is 12.5. The monoisotopic (exact) mass is 327 g/mol. The van der Waals surface area contributed by atoms with Crippen molar-refractivity contribution >= 4 is 29.4 Å². The third-order valence-corrected chi connectivity index (χ3v) is 2.64. The van der Waals surface area contributed by atoms with Crippen LogP contribution in [0.3, 0.4) is 0 Å². The summed E-state index contributed by atoms with van der Waals surface area (Å²) in [5, 5.41) is 9.01. The molecular formula is C10H9ClF3N3O4. The van der Waals surface area contributed by atoms with Gasteiger partial charge in [0, 0.05) is 18.3 Å². The normalized spacial score (nSPS) is 12.8. The van der Waals surface area contributed by atoms with Crippen LogP contribution in [0, 0.1) is 0 Å². The standard InChI is InChI=1S/C10H9ClF3N3O4/c11-2-7(18)17(9(21)10(12,13)14)6(8(19)20)1-5-3-15-4-16-5/h3-4,6H,1-2H2,(H,15,16)(H,19,20)/t6-/m0/s1. The number of amides is 2. The molecule has 1 heterocycles.